The molecule has 0 radical (unpaired) electrons. The summed E-state index contributed by atoms with van der Waals surface area (Å²) in [5.41, 5.74) is 1.71. The van der Waals surface area contributed by atoms with E-state index in [-0.39, 0.29) is 17.9 Å². The smallest absolute Gasteiger partial charge is 0.229 e. The minimum atomic E-state index is -0.185. The van der Waals surface area contributed by atoms with Gasteiger partial charge in [-0.05, 0) is 24.1 Å². The number of hydrogen-bond donors (Lipinski definition) is 1. The molecular formula is C17H19ClN4O2. The molecule has 2 heterocycles. The molecule has 0 unspecified atom stereocenters. The van der Waals surface area contributed by atoms with E-state index in [1.807, 2.05) is 31.4 Å². The van der Waals surface area contributed by atoms with E-state index in [1.165, 1.54) is 0 Å². The quantitative estimate of drug-likeness (QED) is 0.899. The molecule has 1 aliphatic heterocycles. The van der Waals surface area contributed by atoms with E-state index in [2.05, 4.69) is 10.4 Å². The summed E-state index contributed by atoms with van der Waals surface area (Å²) in [6, 6.07) is 7.05. The molecule has 0 saturated carbocycles. The predicted octanol–water partition coefficient (Wildman–Crippen LogP) is 1.93. The lowest BCUT2D eigenvalue weighted by Crippen LogP contribution is -2.37. The van der Waals surface area contributed by atoms with Crippen LogP contribution in [0.4, 0.5) is 5.69 Å². The maximum atomic E-state index is 12.2. The molecule has 1 fully saturated rings. The molecule has 0 bridgehead atoms. The number of aryl methyl sites for hydroxylation is 2. The van der Waals surface area contributed by atoms with Gasteiger partial charge >= 0.3 is 0 Å². The van der Waals surface area contributed by atoms with Crippen LogP contribution in [0.1, 0.15) is 18.4 Å². The summed E-state index contributed by atoms with van der Waals surface area (Å²) in [7, 11) is 1.84. The monoisotopic (exact) mass is 346 g/mol. The van der Waals surface area contributed by atoms with Crippen molar-refractivity contribution in [3.05, 3.63) is 47.2 Å². The number of halogens is 1. The summed E-state index contributed by atoms with van der Waals surface area (Å²) >= 11 is 6.15. The zero-order valence-corrected chi connectivity index (χ0v) is 14.2. The zero-order chi connectivity index (χ0) is 17.1. The summed E-state index contributed by atoms with van der Waals surface area (Å²) in [5, 5.41) is 7.55. The molecule has 6 nitrogen and oxygen atoms in total. The Morgan fingerprint density at radius 1 is 1.42 bits per heavy atom. The van der Waals surface area contributed by atoms with E-state index in [0.717, 1.165) is 5.56 Å². The molecule has 1 aliphatic rings. The first-order valence-corrected chi connectivity index (χ1v) is 8.22. The number of carbonyl (C=O) groups excluding carboxylic acids is 2. The van der Waals surface area contributed by atoms with Gasteiger partial charge in [-0.2, -0.15) is 5.10 Å². The molecule has 0 spiro atoms. The zero-order valence-electron chi connectivity index (χ0n) is 13.4. The molecule has 3 rings (SSSR count). The van der Waals surface area contributed by atoms with Crippen molar-refractivity contribution >= 4 is 29.1 Å². The Balaban J connectivity index is 1.54. The van der Waals surface area contributed by atoms with Gasteiger partial charge in [0.05, 0.1) is 22.9 Å². The van der Waals surface area contributed by atoms with Gasteiger partial charge in [0.25, 0.3) is 0 Å². The second-order valence-electron chi connectivity index (χ2n) is 5.95. The SMILES string of the molecule is Cn1cc(CCC(=O)N[C@H]2CC(=O)N(c3ccccc3Cl)C2)cn1. The molecule has 1 aromatic carbocycles. The lowest BCUT2D eigenvalue weighted by molar-refractivity contribution is -0.121. The summed E-state index contributed by atoms with van der Waals surface area (Å²) < 4.78 is 1.71. The summed E-state index contributed by atoms with van der Waals surface area (Å²) in [4.78, 5) is 25.9. The summed E-state index contributed by atoms with van der Waals surface area (Å²) in [6.45, 7) is 0.446. The number of para-hydroxylation sites is 1. The highest BCUT2D eigenvalue weighted by molar-refractivity contribution is 6.33. The molecule has 0 aliphatic carbocycles. The fourth-order valence-corrected chi connectivity index (χ4v) is 3.10. The average molecular weight is 347 g/mol. The van der Waals surface area contributed by atoms with Crippen LogP contribution in [0.3, 0.4) is 0 Å². The summed E-state index contributed by atoms with van der Waals surface area (Å²) in [6.07, 6.45) is 4.96. The number of hydrogen-bond acceptors (Lipinski definition) is 3. The Kier molecular flexibility index (Phi) is 4.85. The Morgan fingerprint density at radius 2 is 2.21 bits per heavy atom. The second kappa shape index (κ2) is 7.05. The van der Waals surface area contributed by atoms with Crippen molar-refractivity contribution in [3.8, 4) is 0 Å². The van der Waals surface area contributed by atoms with Gasteiger partial charge in [-0.15, -0.1) is 0 Å². The standard InChI is InChI=1S/C17H19ClN4O2/c1-21-10-12(9-19-21)6-7-16(23)20-13-8-17(24)22(11-13)15-5-3-2-4-14(15)18/h2-5,9-10,13H,6-8,11H2,1H3,(H,20,23)/t13-/m0/s1. The number of carbonyl (C=O) groups is 2. The molecule has 1 N–H and O–H groups in total. The van der Waals surface area contributed by atoms with Crippen LogP contribution in [-0.2, 0) is 23.1 Å². The number of nitrogens with one attached hydrogen (secondary N) is 1. The van der Waals surface area contributed by atoms with E-state index in [9.17, 15) is 9.59 Å². The van der Waals surface area contributed by atoms with E-state index < -0.39 is 0 Å². The topological polar surface area (TPSA) is 67.2 Å². The highest BCUT2D eigenvalue weighted by atomic mass is 35.5. The van der Waals surface area contributed by atoms with Crippen molar-refractivity contribution in [2.45, 2.75) is 25.3 Å². The van der Waals surface area contributed by atoms with Crippen molar-refractivity contribution < 1.29 is 9.59 Å². The number of benzene rings is 1. The Hall–Kier alpha value is -2.34. The first-order valence-electron chi connectivity index (χ1n) is 7.84. The maximum Gasteiger partial charge on any atom is 0.229 e. The summed E-state index contributed by atoms with van der Waals surface area (Å²) in [5.74, 6) is -0.0849. The van der Waals surface area contributed by atoms with Crippen LogP contribution in [0.5, 0.6) is 0 Å². The third kappa shape index (κ3) is 3.76. The van der Waals surface area contributed by atoms with Crippen molar-refractivity contribution in [2.75, 3.05) is 11.4 Å². The van der Waals surface area contributed by atoms with Crippen LogP contribution < -0.4 is 10.2 Å². The lowest BCUT2D eigenvalue weighted by atomic mass is 10.2. The van der Waals surface area contributed by atoms with E-state index in [0.29, 0.717) is 36.5 Å². The molecular weight excluding hydrogens is 328 g/mol. The van der Waals surface area contributed by atoms with Gasteiger partial charge in [-0.25, -0.2) is 0 Å². The van der Waals surface area contributed by atoms with E-state index in [4.69, 9.17) is 11.6 Å². The molecule has 1 aromatic heterocycles. The minimum absolute atomic E-state index is 0.0272. The molecule has 24 heavy (non-hydrogen) atoms. The first-order chi connectivity index (χ1) is 11.5. The molecule has 1 saturated heterocycles. The first kappa shape index (κ1) is 16.5. The molecule has 7 heteroatoms. The van der Waals surface area contributed by atoms with E-state index in [1.54, 1.807) is 21.8 Å². The van der Waals surface area contributed by atoms with Crippen LogP contribution in [-0.4, -0.2) is 34.2 Å². The lowest BCUT2D eigenvalue weighted by Gasteiger charge is -2.18. The Labute approximate surface area is 145 Å². The number of nitrogens with zero attached hydrogens (tertiary/aromatic N) is 3. The van der Waals surface area contributed by atoms with Gasteiger partial charge in [-0.1, -0.05) is 23.7 Å². The van der Waals surface area contributed by atoms with Crippen LogP contribution >= 0.6 is 11.6 Å². The van der Waals surface area contributed by atoms with Crippen LogP contribution in [0, 0.1) is 0 Å². The van der Waals surface area contributed by atoms with Crippen LogP contribution in [0.25, 0.3) is 0 Å². The van der Waals surface area contributed by atoms with Crippen molar-refractivity contribution in [2.24, 2.45) is 7.05 Å². The van der Waals surface area contributed by atoms with Gasteiger partial charge < -0.3 is 10.2 Å². The Bertz CT molecular complexity index is 759. The molecule has 1 atom stereocenters. The van der Waals surface area contributed by atoms with Crippen LogP contribution in [0.2, 0.25) is 5.02 Å². The highest BCUT2D eigenvalue weighted by Crippen LogP contribution is 2.28. The third-order valence-corrected chi connectivity index (χ3v) is 4.35. The second-order valence-corrected chi connectivity index (χ2v) is 6.35. The van der Waals surface area contributed by atoms with Gasteiger partial charge in [0.1, 0.15) is 0 Å². The van der Waals surface area contributed by atoms with E-state index >= 15 is 0 Å². The minimum Gasteiger partial charge on any atom is -0.351 e. The largest absolute Gasteiger partial charge is 0.351 e. The fourth-order valence-electron chi connectivity index (χ4n) is 2.87. The third-order valence-electron chi connectivity index (χ3n) is 4.03. The van der Waals surface area contributed by atoms with Gasteiger partial charge in [-0.3, -0.25) is 14.3 Å². The maximum absolute atomic E-state index is 12.2. The molecule has 126 valence electrons. The van der Waals surface area contributed by atoms with Crippen molar-refractivity contribution in [3.63, 3.8) is 0 Å². The van der Waals surface area contributed by atoms with Gasteiger partial charge in [0.15, 0.2) is 0 Å². The normalized spacial score (nSPS) is 17.3. The van der Waals surface area contributed by atoms with Gasteiger partial charge in [0.2, 0.25) is 11.8 Å². The average Bonchev–Trinajstić information content (AvgIpc) is 3.11. The fraction of sp³-hybridized carbons (Fsp3) is 0.353. The highest BCUT2D eigenvalue weighted by Gasteiger charge is 2.32. The number of anilines is 1. The van der Waals surface area contributed by atoms with Crippen molar-refractivity contribution in [1.29, 1.82) is 0 Å². The number of aromatic nitrogens is 2. The predicted molar refractivity (Wildman–Crippen MR) is 91.9 cm³/mol. The Morgan fingerprint density at radius 3 is 2.92 bits per heavy atom. The van der Waals surface area contributed by atoms with Crippen LogP contribution in [0.15, 0.2) is 36.7 Å². The molecule has 2 amide bonds. The van der Waals surface area contributed by atoms with Crippen molar-refractivity contribution in [1.82, 2.24) is 15.1 Å². The molecule has 2 aromatic rings. The number of amides is 2. The van der Waals surface area contributed by atoms with Gasteiger partial charge in [0, 0.05) is 32.6 Å². The number of rotatable bonds is 5.